The van der Waals surface area contributed by atoms with E-state index in [-0.39, 0.29) is 5.39 Å². The van der Waals surface area contributed by atoms with Crippen molar-refractivity contribution in [3.8, 4) is 11.4 Å². The Morgan fingerprint density at radius 3 is 2.72 bits per heavy atom. The van der Waals surface area contributed by atoms with Gasteiger partial charge in [0.15, 0.2) is 16.7 Å². The second-order valence-corrected chi connectivity index (χ2v) is 12.5. The number of aryl methyl sites for hydroxylation is 1. The molecule has 2 fully saturated rings. The Hall–Kier alpha value is -1.89. The maximum atomic E-state index is 13.6. The standard InChI is InChI=1S/C24H24BrF3N6S2/c1-32-20(17-12-36-21-18(17)19(24(26,27)28)31-33(21)2)29-30-22(32)35-9-3-8-34-11-15-10-23(15,13-34)14-4-6-16(25)7-5-14/h4-7,12,15H,3,8-11,13H2,1-2H3/t15-,23+/m0/s1. The molecule has 1 aliphatic heterocycles. The summed E-state index contributed by atoms with van der Waals surface area (Å²) in [4.78, 5) is 3.03. The van der Waals surface area contributed by atoms with E-state index in [2.05, 4.69) is 60.4 Å². The number of piperidine rings is 1. The summed E-state index contributed by atoms with van der Waals surface area (Å²) in [6.45, 7) is 3.29. The molecule has 0 radical (unpaired) electrons. The Bertz CT molecular complexity index is 1430. The molecule has 1 saturated heterocycles. The average Bonchev–Trinajstić information content (AvgIpc) is 3.23. The third-order valence-corrected chi connectivity index (χ3v) is 10.1. The fourth-order valence-electron chi connectivity index (χ4n) is 5.54. The summed E-state index contributed by atoms with van der Waals surface area (Å²) in [5, 5.41) is 14.7. The lowest BCUT2D eigenvalue weighted by Crippen LogP contribution is -2.27. The van der Waals surface area contributed by atoms with Crippen molar-refractivity contribution in [1.29, 1.82) is 0 Å². The van der Waals surface area contributed by atoms with E-state index in [9.17, 15) is 13.2 Å². The molecule has 0 N–H and O–H groups in total. The van der Waals surface area contributed by atoms with Crippen molar-refractivity contribution in [3.05, 3.63) is 45.4 Å². The largest absolute Gasteiger partial charge is 0.435 e. The van der Waals surface area contributed by atoms with Crippen LogP contribution in [0.5, 0.6) is 0 Å². The molecule has 1 aromatic carbocycles. The van der Waals surface area contributed by atoms with E-state index in [0.29, 0.717) is 26.8 Å². The number of alkyl halides is 3. The zero-order valence-corrected chi connectivity index (χ0v) is 22.9. The molecule has 2 aliphatic rings. The van der Waals surface area contributed by atoms with Gasteiger partial charge >= 0.3 is 6.18 Å². The van der Waals surface area contributed by atoms with Gasteiger partial charge in [0.05, 0.1) is 5.39 Å². The van der Waals surface area contributed by atoms with Gasteiger partial charge in [-0.1, -0.05) is 39.8 Å². The van der Waals surface area contributed by atoms with Crippen LogP contribution in [0, 0.1) is 5.92 Å². The van der Waals surface area contributed by atoms with Gasteiger partial charge in [0.2, 0.25) is 0 Å². The molecule has 36 heavy (non-hydrogen) atoms. The highest BCUT2D eigenvalue weighted by molar-refractivity contribution is 9.10. The number of rotatable bonds is 7. The molecule has 4 aromatic rings. The van der Waals surface area contributed by atoms with Gasteiger partial charge in [0.25, 0.3) is 0 Å². The fraction of sp³-hybridized carbons (Fsp3) is 0.458. The number of benzene rings is 1. The molecule has 0 spiro atoms. The predicted molar refractivity (Wildman–Crippen MR) is 139 cm³/mol. The van der Waals surface area contributed by atoms with Crippen LogP contribution in [0.4, 0.5) is 13.2 Å². The first-order valence-corrected chi connectivity index (χ1v) is 14.4. The maximum absolute atomic E-state index is 13.6. The number of thiophene rings is 1. The maximum Gasteiger partial charge on any atom is 0.435 e. The first kappa shape index (κ1) is 24.4. The van der Waals surface area contributed by atoms with Gasteiger partial charge in [-0.3, -0.25) is 4.68 Å². The molecule has 1 aliphatic carbocycles. The lowest BCUT2D eigenvalue weighted by atomic mass is 9.95. The lowest BCUT2D eigenvalue weighted by Gasteiger charge is -2.21. The van der Waals surface area contributed by atoms with Crippen molar-refractivity contribution in [3.63, 3.8) is 0 Å². The van der Waals surface area contributed by atoms with Crippen molar-refractivity contribution < 1.29 is 13.2 Å². The molecule has 3 aromatic heterocycles. The minimum absolute atomic E-state index is 0.0920. The Morgan fingerprint density at radius 2 is 1.97 bits per heavy atom. The molecule has 6 nitrogen and oxygen atoms in total. The van der Waals surface area contributed by atoms with E-state index in [4.69, 9.17) is 0 Å². The zero-order chi connectivity index (χ0) is 25.2. The monoisotopic (exact) mass is 596 g/mol. The predicted octanol–water partition coefficient (Wildman–Crippen LogP) is 5.97. The van der Waals surface area contributed by atoms with Gasteiger partial charge in [-0.2, -0.15) is 18.3 Å². The summed E-state index contributed by atoms with van der Waals surface area (Å²) in [6.07, 6.45) is -2.23. The Balaban J connectivity index is 1.09. The average molecular weight is 598 g/mol. The number of hydrogen-bond acceptors (Lipinski definition) is 6. The molecule has 1 saturated carbocycles. The van der Waals surface area contributed by atoms with Crippen LogP contribution < -0.4 is 0 Å². The first-order chi connectivity index (χ1) is 17.2. The van der Waals surface area contributed by atoms with E-state index < -0.39 is 11.9 Å². The van der Waals surface area contributed by atoms with E-state index >= 15 is 0 Å². The number of aromatic nitrogens is 5. The lowest BCUT2D eigenvalue weighted by molar-refractivity contribution is -0.140. The number of likely N-dealkylation sites (tertiary alicyclic amines) is 1. The first-order valence-electron chi connectivity index (χ1n) is 11.7. The van der Waals surface area contributed by atoms with E-state index in [0.717, 1.165) is 42.2 Å². The van der Waals surface area contributed by atoms with Crippen molar-refractivity contribution >= 4 is 49.2 Å². The molecular formula is C24H24BrF3N6S2. The van der Waals surface area contributed by atoms with Crippen molar-refractivity contribution in [2.75, 3.05) is 25.4 Å². The fourth-order valence-corrected chi connectivity index (χ4v) is 7.61. The molecule has 4 heterocycles. The quantitative estimate of drug-likeness (QED) is 0.194. The van der Waals surface area contributed by atoms with Gasteiger partial charge in [-0.15, -0.1) is 21.5 Å². The second kappa shape index (κ2) is 8.85. The number of halogens is 4. The van der Waals surface area contributed by atoms with Crippen LogP contribution in [0.25, 0.3) is 21.6 Å². The molecule has 0 amide bonds. The highest BCUT2D eigenvalue weighted by Crippen LogP contribution is 2.59. The highest BCUT2D eigenvalue weighted by Gasteiger charge is 2.60. The number of thioether (sulfide) groups is 1. The molecule has 0 bridgehead atoms. The number of fused-ring (bicyclic) bond motifs is 2. The van der Waals surface area contributed by atoms with Crippen molar-refractivity contribution in [2.24, 2.45) is 20.0 Å². The van der Waals surface area contributed by atoms with Crippen LogP contribution >= 0.6 is 39.0 Å². The van der Waals surface area contributed by atoms with Gasteiger partial charge in [-0.25, -0.2) is 0 Å². The minimum Gasteiger partial charge on any atom is -0.305 e. The summed E-state index contributed by atoms with van der Waals surface area (Å²) in [5.41, 5.74) is 1.33. The van der Waals surface area contributed by atoms with Crippen molar-refractivity contribution in [2.45, 2.75) is 29.6 Å². The molecule has 0 unspecified atom stereocenters. The van der Waals surface area contributed by atoms with Crippen molar-refractivity contribution in [1.82, 2.24) is 29.4 Å². The molecule has 6 rings (SSSR count). The molecule has 12 heteroatoms. The van der Waals surface area contributed by atoms with Crippen LogP contribution in [0.2, 0.25) is 0 Å². The SMILES string of the molecule is Cn1c(SCCCN2C[C@@H]3C[C@]3(c3ccc(Br)cc3)C2)nnc1-c1csc2c1c(C(F)(F)F)nn2C. The van der Waals surface area contributed by atoms with Crippen LogP contribution in [0.3, 0.4) is 0 Å². The zero-order valence-electron chi connectivity index (χ0n) is 19.7. The Kier molecular flexibility index (Phi) is 6.01. The van der Waals surface area contributed by atoms with Crippen LogP contribution in [0.1, 0.15) is 24.1 Å². The third-order valence-electron chi connectivity index (χ3n) is 7.38. The van der Waals surface area contributed by atoms with E-state index in [1.807, 2.05) is 0 Å². The number of hydrogen-bond donors (Lipinski definition) is 0. The third kappa shape index (κ3) is 4.10. The minimum atomic E-state index is -4.53. The van der Waals surface area contributed by atoms with E-state index in [1.54, 1.807) is 28.8 Å². The molecule has 190 valence electrons. The highest BCUT2D eigenvalue weighted by atomic mass is 79.9. The van der Waals surface area contributed by atoms with Crippen LogP contribution in [-0.2, 0) is 25.7 Å². The molecule has 2 atom stereocenters. The summed E-state index contributed by atoms with van der Waals surface area (Å²) in [7, 11) is 3.33. The summed E-state index contributed by atoms with van der Waals surface area (Å²) in [6, 6.07) is 8.76. The molecular weight excluding hydrogens is 573 g/mol. The van der Waals surface area contributed by atoms with Gasteiger partial charge in [0, 0.05) is 53.8 Å². The second-order valence-electron chi connectivity index (χ2n) is 9.67. The van der Waals surface area contributed by atoms with Crippen LogP contribution in [0.15, 0.2) is 39.3 Å². The summed E-state index contributed by atoms with van der Waals surface area (Å²) >= 11 is 6.35. The number of nitrogens with zero attached hydrogens (tertiary/aromatic N) is 6. The van der Waals surface area contributed by atoms with Gasteiger partial charge < -0.3 is 9.47 Å². The smallest absolute Gasteiger partial charge is 0.305 e. The topological polar surface area (TPSA) is 51.8 Å². The normalized spacial score (nSPS) is 22.0. The summed E-state index contributed by atoms with van der Waals surface area (Å²) < 4.78 is 44.9. The van der Waals surface area contributed by atoms with Crippen LogP contribution in [-0.4, -0.2) is 54.8 Å². The Morgan fingerprint density at radius 1 is 1.19 bits per heavy atom. The van der Waals surface area contributed by atoms with Gasteiger partial charge in [-0.05, 0) is 43.0 Å². The van der Waals surface area contributed by atoms with Gasteiger partial charge in [0.1, 0.15) is 4.83 Å². The summed E-state index contributed by atoms with van der Waals surface area (Å²) in [5.74, 6) is 2.06. The Labute approximate surface area is 223 Å². The van der Waals surface area contributed by atoms with E-state index in [1.165, 1.54) is 35.1 Å².